The molecule has 0 aromatic heterocycles. The molecule has 2 bridgehead atoms. The highest BCUT2D eigenvalue weighted by Crippen LogP contribution is 2.49. The van der Waals surface area contributed by atoms with Gasteiger partial charge in [0, 0.05) is 12.6 Å². The first-order valence-corrected chi connectivity index (χ1v) is 8.94. The van der Waals surface area contributed by atoms with E-state index in [1.165, 1.54) is 25.7 Å². The van der Waals surface area contributed by atoms with Crippen LogP contribution in [0.1, 0.15) is 39.0 Å². The van der Waals surface area contributed by atoms with Crippen molar-refractivity contribution < 1.29 is 9.53 Å². The van der Waals surface area contributed by atoms with Crippen molar-refractivity contribution in [3.05, 3.63) is 30.3 Å². The predicted octanol–water partition coefficient (Wildman–Crippen LogP) is 3.58. The first-order chi connectivity index (χ1) is 11.2. The molecule has 0 spiro atoms. The maximum Gasteiger partial charge on any atom is 0.315 e. The molecule has 1 aromatic carbocycles. The lowest BCUT2D eigenvalue weighted by Gasteiger charge is -2.28. The van der Waals surface area contributed by atoms with E-state index in [0.717, 1.165) is 24.0 Å². The Labute approximate surface area is 139 Å². The third kappa shape index (κ3) is 4.40. The van der Waals surface area contributed by atoms with Gasteiger partial charge in [-0.3, -0.25) is 0 Å². The number of nitrogens with one attached hydrogen (secondary N) is 2. The second-order valence-corrected chi connectivity index (χ2v) is 7.04. The molecule has 126 valence electrons. The average molecular weight is 316 g/mol. The first-order valence-electron chi connectivity index (χ1n) is 8.94. The Morgan fingerprint density at radius 2 is 2.09 bits per heavy atom. The van der Waals surface area contributed by atoms with E-state index < -0.39 is 0 Å². The summed E-state index contributed by atoms with van der Waals surface area (Å²) in [6, 6.07) is 10.0. The van der Waals surface area contributed by atoms with E-state index in [9.17, 15) is 4.79 Å². The van der Waals surface area contributed by atoms with Gasteiger partial charge in [0.25, 0.3) is 0 Å². The molecule has 2 fully saturated rings. The summed E-state index contributed by atoms with van der Waals surface area (Å²) < 4.78 is 5.61. The fourth-order valence-corrected chi connectivity index (χ4v) is 4.25. The highest BCUT2D eigenvalue weighted by molar-refractivity contribution is 5.74. The van der Waals surface area contributed by atoms with Gasteiger partial charge in [-0.1, -0.05) is 24.6 Å². The first kappa shape index (κ1) is 16.2. The number of fused-ring (bicyclic) bond motifs is 2. The van der Waals surface area contributed by atoms with Crippen molar-refractivity contribution in [3.63, 3.8) is 0 Å². The second-order valence-electron chi connectivity index (χ2n) is 7.04. The minimum atomic E-state index is -0.0417. The molecule has 2 aliphatic rings. The summed E-state index contributed by atoms with van der Waals surface area (Å²) in [5.41, 5.74) is 0. The highest BCUT2D eigenvalue weighted by Gasteiger charge is 2.42. The number of hydrogen-bond donors (Lipinski definition) is 2. The van der Waals surface area contributed by atoms with Gasteiger partial charge in [-0.2, -0.15) is 0 Å². The molecule has 4 nitrogen and oxygen atoms in total. The summed E-state index contributed by atoms with van der Waals surface area (Å²) in [6.07, 6.45) is 6.26. The zero-order valence-corrected chi connectivity index (χ0v) is 14.0. The van der Waals surface area contributed by atoms with Gasteiger partial charge in [0.2, 0.25) is 0 Å². The number of urea groups is 1. The topological polar surface area (TPSA) is 50.4 Å². The summed E-state index contributed by atoms with van der Waals surface area (Å²) in [7, 11) is 0. The number of ether oxygens (including phenoxy) is 1. The van der Waals surface area contributed by atoms with E-state index in [0.29, 0.717) is 19.1 Å². The summed E-state index contributed by atoms with van der Waals surface area (Å²) in [5.74, 6) is 3.32. The zero-order chi connectivity index (χ0) is 16.1. The molecule has 0 heterocycles. The van der Waals surface area contributed by atoms with Gasteiger partial charge in [-0.05, 0) is 62.5 Å². The Balaban J connectivity index is 1.28. The van der Waals surface area contributed by atoms with Crippen LogP contribution in [0.5, 0.6) is 5.75 Å². The standard InChI is InChI=1S/C19H28N2O2/c1-14(18-13-15-8-9-16(18)12-15)21-19(22)20-10-5-11-23-17-6-3-2-4-7-17/h2-4,6-7,14-16,18H,5,8-13H2,1H3,(H2,20,21,22). The van der Waals surface area contributed by atoms with E-state index in [-0.39, 0.29) is 12.1 Å². The third-order valence-corrected chi connectivity index (χ3v) is 5.41. The Bertz CT molecular complexity index is 505. The second kappa shape index (κ2) is 7.71. The number of benzene rings is 1. The van der Waals surface area contributed by atoms with Crippen LogP contribution < -0.4 is 15.4 Å². The van der Waals surface area contributed by atoms with Crippen molar-refractivity contribution in [2.75, 3.05) is 13.2 Å². The summed E-state index contributed by atoms with van der Waals surface area (Å²) in [4.78, 5) is 12.0. The molecule has 2 N–H and O–H groups in total. The fraction of sp³-hybridized carbons (Fsp3) is 0.632. The monoisotopic (exact) mass is 316 g/mol. The molecule has 4 heteroatoms. The lowest BCUT2D eigenvalue weighted by atomic mass is 9.84. The molecule has 0 radical (unpaired) electrons. The van der Waals surface area contributed by atoms with Gasteiger partial charge >= 0.3 is 6.03 Å². The molecule has 4 atom stereocenters. The van der Waals surface area contributed by atoms with Gasteiger partial charge in [-0.25, -0.2) is 4.79 Å². The SMILES string of the molecule is CC(NC(=O)NCCCOc1ccccc1)C1CC2CCC1C2. The van der Waals surface area contributed by atoms with Crippen LogP contribution in [-0.2, 0) is 0 Å². The molecule has 3 rings (SSSR count). The number of rotatable bonds is 7. The van der Waals surface area contributed by atoms with Crippen molar-refractivity contribution in [3.8, 4) is 5.75 Å². The highest BCUT2D eigenvalue weighted by atomic mass is 16.5. The van der Waals surface area contributed by atoms with Crippen molar-refractivity contribution >= 4 is 6.03 Å². The van der Waals surface area contributed by atoms with Gasteiger partial charge < -0.3 is 15.4 Å². The Kier molecular flexibility index (Phi) is 5.42. The minimum absolute atomic E-state index is 0.0417. The molecule has 0 aliphatic heterocycles. The molecule has 0 saturated heterocycles. The summed E-state index contributed by atoms with van der Waals surface area (Å²) in [6.45, 7) is 3.41. The number of para-hydroxylation sites is 1. The Hall–Kier alpha value is -1.71. The maximum absolute atomic E-state index is 12.0. The van der Waals surface area contributed by atoms with Crippen LogP contribution in [0, 0.1) is 17.8 Å². The van der Waals surface area contributed by atoms with Crippen molar-refractivity contribution in [1.29, 1.82) is 0 Å². The molecule has 2 amide bonds. The Morgan fingerprint density at radius 3 is 2.78 bits per heavy atom. The number of hydrogen-bond acceptors (Lipinski definition) is 2. The normalized spacial score (nSPS) is 26.7. The van der Waals surface area contributed by atoms with Crippen LogP contribution in [-0.4, -0.2) is 25.2 Å². The average Bonchev–Trinajstić information content (AvgIpc) is 3.18. The molecule has 1 aromatic rings. The number of carbonyl (C=O) groups excluding carboxylic acids is 1. The molecule has 2 saturated carbocycles. The molecular weight excluding hydrogens is 288 g/mol. The molecule has 4 unspecified atom stereocenters. The molecule has 2 aliphatic carbocycles. The molecule has 23 heavy (non-hydrogen) atoms. The van der Waals surface area contributed by atoms with Crippen LogP contribution in [0.3, 0.4) is 0 Å². The predicted molar refractivity (Wildman–Crippen MR) is 91.5 cm³/mol. The summed E-state index contributed by atoms with van der Waals surface area (Å²) >= 11 is 0. The van der Waals surface area contributed by atoms with Crippen molar-refractivity contribution in [2.45, 2.75) is 45.1 Å². The van der Waals surface area contributed by atoms with E-state index in [1.807, 2.05) is 30.3 Å². The van der Waals surface area contributed by atoms with Crippen molar-refractivity contribution in [1.82, 2.24) is 10.6 Å². The third-order valence-electron chi connectivity index (χ3n) is 5.41. The van der Waals surface area contributed by atoms with E-state index in [4.69, 9.17) is 4.74 Å². The smallest absolute Gasteiger partial charge is 0.315 e. The largest absolute Gasteiger partial charge is 0.494 e. The van der Waals surface area contributed by atoms with Crippen LogP contribution in [0.25, 0.3) is 0 Å². The van der Waals surface area contributed by atoms with Gasteiger partial charge in [-0.15, -0.1) is 0 Å². The maximum atomic E-state index is 12.0. The number of carbonyl (C=O) groups is 1. The zero-order valence-electron chi connectivity index (χ0n) is 14.0. The van der Waals surface area contributed by atoms with Crippen LogP contribution in [0.2, 0.25) is 0 Å². The minimum Gasteiger partial charge on any atom is -0.494 e. The van der Waals surface area contributed by atoms with E-state index >= 15 is 0 Å². The quantitative estimate of drug-likeness (QED) is 0.755. The van der Waals surface area contributed by atoms with Crippen LogP contribution in [0.4, 0.5) is 4.79 Å². The fourth-order valence-electron chi connectivity index (χ4n) is 4.25. The van der Waals surface area contributed by atoms with E-state index in [1.54, 1.807) is 0 Å². The van der Waals surface area contributed by atoms with Crippen LogP contribution in [0.15, 0.2) is 30.3 Å². The molecular formula is C19H28N2O2. The van der Waals surface area contributed by atoms with Gasteiger partial charge in [0.05, 0.1) is 6.61 Å². The van der Waals surface area contributed by atoms with Gasteiger partial charge in [0.15, 0.2) is 0 Å². The van der Waals surface area contributed by atoms with Crippen LogP contribution >= 0.6 is 0 Å². The Morgan fingerprint density at radius 1 is 1.26 bits per heavy atom. The van der Waals surface area contributed by atoms with Crippen molar-refractivity contribution in [2.24, 2.45) is 17.8 Å². The number of amides is 2. The lowest BCUT2D eigenvalue weighted by molar-refractivity contribution is 0.219. The van der Waals surface area contributed by atoms with E-state index in [2.05, 4.69) is 17.6 Å². The summed E-state index contributed by atoms with van der Waals surface area (Å²) in [5, 5.41) is 6.06. The van der Waals surface area contributed by atoms with Gasteiger partial charge in [0.1, 0.15) is 5.75 Å². The lowest BCUT2D eigenvalue weighted by Crippen LogP contribution is -2.45.